The standard InChI is InChI=1S/C14H19BrFN/c1-10(2)14-4-3-5-17(14)9-11-6-12(15)8-13(16)7-11/h6-8,10,14H,3-5,9H2,1-2H3. The summed E-state index contributed by atoms with van der Waals surface area (Å²) in [4.78, 5) is 2.48. The lowest BCUT2D eigenvalue weighted by Gasteiger charge is -2.27. The number of nitrogens with zero attached hydrogens (tertiary/aromatic N) is 1. The first-order chi connectivity index (χ1) is 8.06. The Morgan fingerprint density at radius 1 is 1.41 bits per heavy atom. The maximum absolute atomic E-state index is 13.3. The fourth-order valence-corrected chi connectivity index (χ4v) is 3.25. The van der Waals surface area contributed by atoms with Crippen LogP contribution in [-0.4, -0.2) is 17.5 Å². The molecule has 1 aromatic rings. The van der Waals surface area contributed by atoms with Gasteiger partial charge in [-0.05, 0) is 49.1 Å². The minimum atomic E-state index is -0.158. The zero-order valence-corrected chi connectivity index (χ0v) is 12.0. The lowest BCUT2D eigenvalue weighted by Crippen LogP contribution is -2.32. The number of halogens is 2. The Bertz CT molecular complexity index is 372. The smallest absolute Gasteiger partial charge is 0.124 e. The van der Waals surface area contributed by atoms with E-state index >= 15 is 0 Å². The Morgan fingerprint density at radius 2 is 2.18 bits per heavy atom. The second-order valence-electron chi connectivity index (χ2n) is 5.20. The van der Waals surface area contributed by atoms with Crippen molar-refractivity contribution in [2.75, 3.05) is 6.54 Å². The van der Waals surface area contributed by atoms with Crippen molar-refractivity contribution in [3.63, 3.8) is 0 Å². The maximum Gasteiger partial charge on any atom is 0.124 e. The number of rotatable bonds is 3. The normalized spacial score (nSPS) is 21.4. The van der Waals surface area contributed by atoms with Crippen LogP contribution in [0.15, 0.2) is 22.7 Å². The Balaban J connectivity index is 2.09. The molecule has 1 fully saturated rings. The van der Waals surface area contributed by atoms with E-state index in [1.54, 1.807) is 6.07 Å². The van der Waals surface area contributed by atoms with Crippen LogP contribution in [-0.2, 0) is 6.54 Å². The van der Waals surface area contributed by atoms with Gasteiger partial charge in [-0.1, -0.05) is 29.8 Å². The van der Waals surface area contributed by atoms with Crippen LogP contribution in [0.4, 0.5) is 4.39 Å². The van der Waals surface area contributed by atoms with Crippen molar-refractivity contribution in [2.45, 2.75) is 39.3 Å². The van der Waals surface area contributed by atoms with Gasteiger partial charge in [-0.3, -0.25) is 4.90 Å². The third-order valence-electron chi connectivity index (χ3n) is 3.49. The third kappa shape index (κ3) is 3.29. The average Bonchev–Trinajstić information content (AvgIpc) is 2.63. The summed E-state index contributed by atoms with van der Waals surface area (Å²) in [5, 5.41) is 0. The predicted octanol–water partition coefficient (Wildman–Crippen LogP) is 4.21. The quantitative estimate of drug-likeness (QED) is 0.808. The second kappa shape index (κ2) is 5.49. The molecule has 1 saturated heterocycles. The average molecular weight is 300 g/mol. The van der Waals surface area contributed by atoms with Crippen LogP contribution in [0.1, 0.15) is 32.3 Å². The van der Waals surface area contributed by atoms with Gasteiger partial charge >= 0.3 is 0 Å². The van der Waals surface area contributed by atoms with Crippen molar-refractivity contribution in [1.82, 2.24) is 4.90 Å². The molecule has 1 aromatic carbocycles. The Labute approximate surface area is 111 Å². The summed E-state index contributed by atoms with van der Waals surface area (Å²) in [5.74, 6) is 0.518. The zero-order valence-electron chi connectivity index (χ0n) is 10.4. The van der Waals surface area contributed by atoms with Crippen molar-refractivity contribution < 1.29 is 4.39 Å². The molecular weight excluding hydrogens is 281 g/mol. The van der Waals surface area contributed by atoms with Crippen molar-refractivity contribution in [1.29, 1.82) is 0 Å². The first-order valence-corrected chi connectivity index (χ1v) is 7.04. The summed E-state index contributed by atoms with van der Waals surface area (Å²) in [7, 11) is 0. The molecule has 0 saturated carbocycles. The van der Waals surface area contributed by atoms with Gasteiger partial charge in [-0.25, -0.2) is 4.39 Å². The van der Waals surface area contributed by atoms with E-state index in [4.69, 9.17) is 0 Å². The summed E-state index contributed by atoms with van der Waals surface area (Å²) in [6, 6.07) is 5.81. The molecule has 94 valence electrons. The monoisotopic (exact) mass is 299 g/mol. The molecule has 0 spiro atoms. The molecule has 3 heteroatoms. The van der Waals surface area contributed by atoms with E-state index in [-0.39, 0.29) is 5.82 Å². The fraction of sp³-hybridized carbons (Fsp3) is 0.571. The summed E-state index contributed by atoms with van der Waals surface area (Å²) >= 11 is 3.35. The summed E-state index contributed by atoms with van der Waals surface area (Å²) in [5.41, 5.74) is 1.06. The van der Waals surface area contributed by atoms with Crippen LogP contribution in [0.25, 0.3) is 0 Å². The van der Waals surface area contributed by atoms with Gasteiger partial charge in [0.2, 0.25) is 0 Å². The maximum atomic E-state index is 13.3. The molecular formula is C14H19BrFN. The molecule has 1 nitrogen and oxygen atoms in total. The first-order valence-electron chi connectivity index (χ1n) is 6.25. The Hall–Kier alpha value is -0.410. The van der Waals surface area contributed by atoms with E-state index in [2.05, 4.69) is 34.7 Å². The molecule has 0 aromatic heterocycles. The van der Waals surface area contributed by atoms with Crippen molar-refractivity contribution in [2.24, 2.45) is 5.92 Å². The van der Waals surface area contributed by atoms with Gasteiger partial charge in [-0.15, -0.1) is 0 Å². The second-order valence-corrected chi connectivity index (χ2v) is 6.12. The minimum Gasteiger partial charge on any atom is -0.296 e. The summed E-state index contributed by atoms with van der Waals surface area (Å²) in [6.45, 7) is 6.53. The first kappa shape index (κ1) is 13.0. The summed E-state index contributed by atoms with van der Waals surface area (Å²) in [6.07, 6.45) is 2.54. The number of hydrogen-bond donors (Lipinski definition) is 0. The molecule has 0 aliphatic carbocycles. The van der Waals surface area contributed by atoms with E-state index in [1.165, 1.54) is 18.9 Å². The molecule has 1 unspecified atom stereocenters. The van der Waals surface area contributed by atoms with Crippen LogP contribution in [0.3, 0.4) is 0 Å². The number of hydrogen-bond acceptors (Lipinski definition) is 1. The van der Waals surface area contributed by atoms with Crippen LogP contribution in [0, 0.1) is 11.7 Å². The van der Waals surface area contributed by atoms with Gasteiger partial charge in [0.05, 0.1) is 0 Å². The van der Waals surface area contributed by atoms with Crippen LogP contribution in [0.5, 0.6) is 0 Å². The number of benzene rings is 1. The van der Waals surface area contributed by atoms with E-state index < -0.39 is 0 Å². The largest absolute Gasteiger partial charge is 0.296 e. The van der Waals surface area contributed by atoms with Crippen molar-refractivity contribution in [3.8, 4) is 0 Å². The van der Waals surface area contributed by atoms with E-state index in [0.717, 1.165) is 23.1 Å². The molecule has 17 heavy (non-hydrogen) atoms. The van der Waals surface area contributed by atoms with Crippen molar-refractivity contribution in [3.05, 3.63) is 34.1 Å². The van der Waals surface area contributed by atoms with E-state index in [1.807, 2.05) is 6.07 Å². The minimum absolute atomic E-state index is 0.158. The highest BCUT2D eigenvalue weighted by molar-refractivity contribution is 9.10. The third-order valence-corrected chi connectivity index (χ3v) is 3.95. The van der Waals surface area contributed by atoms with Crippen LogP contribution < -0.4 is 0 Å². The van der Waals surface area contributed by atoms with Gasteiger partial charge in [0.15, 0.2) is 0 Å². The Kier molecular flexibility index (Phi) is 4.21. The number of likely N-dealkylation sites (tertiary alicyclic amines) is 1. The van der Waals surface area contributed by atoms with Gasteiger partial charge in [0.1, 0.15) is 5.82 Å². The fourth-order valence-electron chi connectivity index (χ4n) is 2.74. The SMILES string of the molecule is CC(C)C1CCCN1Cc1cc(F)cc(Br)c1. The van der Waals surface area contributed by atoms with Gasteiger partial charge < -0.3 is 0 Å². The highest BCUT2D eigenvalue weighted by atomic mass is 79.9. The van der Waals surface area contributed by atoms with E-state index in [9.17, 15) is 4.39 Å². The van der Waals surface area contributed by atoms with E-state index in [0.29, 0.717) is 12.0 Å². The molecule has 0 N–H and O–H groups in total. The van der Waals surface area contributed by atoms with Gasteiger partial charge in [-0.2, -0.15) is 0 Å². The van der Waals surface area contributed by atoms with Gasteiger partial charge in [0.25, 0.3) is 0 Å². The highest BCUT2D eigenvalue weighted by Gasteiger charge is 2.26. The van der Waals surface area contributed by atoms with Crippen molar-refractivity contribution >= 4 is 15.9 Å². The molecule has 1 aliphatic heterocycles. The molecule has 1 aliphatic rings. The van der Waals surface area contributed by atoms with Crippen LogP contribution >= 0.6 is 15.9 Å². The van der Waals surface area contributed by atoms with Gasteiger partial charge in [0, 0.05) is 17.1 Å². The van der Waals surface area contributed by atoms with Crippen LogP contribution in [0.2, 0.25) is 0 Å². The topological polar surface area (TPSA) is 3.24 Å². The lowest BCUT2D eigenvalue weighted by molar-refractivity contribution is 0.198. The molecule has 0 radical (unpaired) electrons. The highest BCUT2D eigenvalue weighted by Crippen LogP contribution is 2.26. The Morgan fingerprint density at radius 3 is 2.82 bits per heavy atom. The molecule has 1 heterocycles. The molecule has 1 atom stereocenters. The summed E-state index contributed by atoms with van der Waals surface area (Å²) < 4.78 is 14.1. The lowest BCUT2D eigenvalue weighted by atomic mass is 10.0. The molecule has 2 rings (SSSR count). The molecule has 0 bridgehead atoms. The predicted molar refractivity (Wildman–Crippen MR) is 72.4 cm³/mol. The zero-order chi connectivity index (χ0) is 12.4. The molecule has 0 amide bonds.